The average Bonchev–Trinajstić information content (AvgIpc) is 2.04. The summed E-state index contributed by atoms with van der Waals surface area (Å²) < 4.78 is 9.78. The van der Waals surface area contributed by atoms with E-state index in [0.717, 1.165) is 0 Å². The van der Waals surface area contributed by atoms with Gasteiger partial charge in [0.1, 0.15) is 0 Å². The van der Waals surface area contributed by atoms with Crippen LogP contribution in [0, 0.1) is 0 Å². The molecule has 1 heterocycles. The minimum atomic E-state index is 0.196. The van der Waals surface area contributed by atoms with E-state index in [4.69, 9.17) is 15.2 Å². The number of ether oxygens (including phenoxy) is 2. The lowest BCUT2D eigenvalue weighted by Gasteiger charge is -2.02. The molecule has 66 valence electrons. The van der Waals surface area contributed by atoms with Crippen LogP contribution >= 0.6 is 0 Å². The van der Waals surface area contributed by atoms with Crippen molar-refractivity contribution in [3.05, 3.63) is 11.8 Å². The first-order valence-corrected chi connectivity index (χ1v) is 3.42. The zero-order valence-corrected chi connectivity index (χ0v) is 7.07. The molecule has 0 unspecified atom stereocenters. The summed E-state index contributed by atoms with van der Waals surface area (Å²) in [5, 5.41) is 0. The Morgan fingerprint density at radius 2 is 2.17 bits per heavy atom. The summed E-state index contributed by atoms with van der Waals surface area (Å²) >= 11 is 0. The van der Waals surface area contributed by atoms with Crippen molar-refractivity contribution in [1.29, 1.82) is 0 Å². The third-order valence-electron chi connectivity index (χ3n) is 1.27. The summed E-state index contributed by atoms with van der Waals surface area (Å²) in [5.41, 5.74) is 6.12. The number of anilines is 1. The Morgan fingerprint density at radius 1 is 1.42 bits per heavy atom. The molecule has 12 heavy (non-hydrogen) atoms. The predicted octanol–water partition coefficient (Wildman–Crippen LogP) is 0.214. The Kier molecular flexibility index (Phi) is 2.82. The van der Waals surface area contributed by atoms with E-state index >= 15 is 0 Å². The Labute approximate surface area is 70.5 Å². The molecule has 0 aromatic carbocycles. The molecule has 0 spiro atoms. The number of nitrogen functional groups attached to an aromatic ring is 1. The van der Waals surface area contributed by atoms with Gasteiger partial charge in [-0.3, -0.25) is 0 Å². The van der Waals surface area contributed by atoms with E-state index in [2.05, 4.69) is 9.97 Å². The van der Waals surface area contributed by atoms with Gasteiger partial charge < -0.3 is 15.2 Å². The first-order valence-electron chi connectivity index (χ1n) is 3.42. The van der Waals surface area contributed by atoms with Crippen LogP contribution in [0.1, 0.15) is 5.69 Å². The number of nitrogens with zero attached hydrogens (tertiary/aromatic N) is 2. The van der Waals surface area contributed by atoms with Crippen LogP contribution < -0.4 is 10.5 Å². The fourth-order valence-electron chi connectivity index (χ4n) is 0.819. The molecule has 2 N–H and O–H groups in total. The lowest BCUT2D eigenvalue weighted by atomic mass is 10.4. The van der Waals surface area contributed by atoms with Gasteiger partial charge >= 0.3 is 0 Å². The molecule has 5 nitrogen and oxygen atoms in total. The third-order valence-corrected chi connectivity index (χ3v) is 1.27. The van der Waals surface area contributed by atoms with Crippen LogP contribution in [0.3, 0.4) is 0 Å². The number of nitrogens with two attached hydrogens (primary N) is 1. The summed E-state index contributed by atoms with van der Waals surface area (Å²) in [4.78, 5) is 7.76. The van der Waals surface area contributed by atoms with Crippen LogP contribution in [-0.4, -0.2) is 24.2 Å². The SMILES string of the molecule is COCc1cc(OC)nc(N)n1. The monoisotopic (exact) mass is 169 g/mol. The third kappa shape index (κ3) is 2.06. The molecular formula is C7H11N3O2. The van der Waals surface area contributed by atoms with Crippen LogP contribution in [0.5, 0.6) is 5.88 Å². The van der Waals surface area contributed by atoms with E-state index in [-0.39, 0.29) is 5.95 Å². The summed E-state index contributed by atoms with van der Waals surface area (Å²) in [5.74, 6) is 0.649. The Morgan fingerprint density at radius 3 is 2.75 bits per heavy atom. The maximum atomic E-state index is 5.41. The summed E-state index contributed by atoms with van der Waals surface area (Å²) in [6.45, 7) is 0.406. The standard InChI is InChI=1S/C7H11N3O2/c1-11-4-5-3-6(12-2)10-7(8)9-5/h3H,4H2,1-2H3,(H2,8,9,10). The van der Waals surface area contributed by atoms with Crippen LogP contribution in [0.4, 0.5) is 5.95 Å². The maximum absolute atomic E-state index is 5.41. The Hall–Kier alpha value is -1.36. The van der Waals surface area contributed by atoms with Crippen LogP contribution in [0.2, 0.25) is 0 Å². The second-order valence-electron chi connectivity index (χ2n) is 2.19. The highest BCUT2D eigenvalue weighted by molar-refractivity contribution is 5.25. The van der Waals surface area contributed by atoms with Gasteiger partial charge in [0.15, 0.2) is 0 Å². The number of hydrogen-bond donors (Lipinski definition) is 1. The number of methoxy groups -OCH3 is 2. The van der Waals surface area contributed by atoms with Crippen molar-refractivity contribution in [1.82, 2.24) is 9.97 Å². The van der Waals surface area contributed by atoms with Gasteiger partial charge in [0.05, 0.1) is 19.4 Å². The molecule has 0 radical (unpaired) electrons. The molecular weight excluding hydrogens is 158 g/mol. The molecule has 1 aromatic rings. The smallest absolute Gasteiger partial charge is 0.223 e. The highest BCUT2D eigenvalue weighted by Crippen LogP contribution is 2.10. The average molecular weight is 169 g/mol. The van der Waals surface area contributed by atoms with Gasteiger partial charge in [0.2, 0.25) is 11.8 Å². The van der Waals surface area contributed by atoms with Gasteiger partial charge in [0.25, 0.3) is 0 Å². The maximum Gasteiger partial charge on any atom is 0.223 e. The zero-order valence-electron chi connectivity index (χ0n) is 7.07. The van der Waals surface area contributed by atoms with E-state index < -0.39 is 0 Å². The largest absolute Gasteiger partial charge is 0.481 e. The highest BCUT2D eigenvalue weighted by Gasteiger charge is 2.00. The molecule has 1 aromatic heterocycles. The number of aromatic nitrogens is 2. The van der Waals surface area contributed by atoms with Crippen molar-refractivity contribution in [2.75, 3.05) is 20.0 Å². The van der Waals surface area contributed by atoms with Crippen molar-refractivity contribution < 1.29 is 9.47 Å². The van der Waals surface area contributed by atoms with Crippen molar-refractivity contribution in [3.63, 3.8) is 0 Å². The van der Waals surface area contributed by atoms with Crippen molar-refractivity contribution in [2.45, 2.75) is 6.61 Å². The van der Waals surface area contributed by atoms with E-state index in [1.54, 1.807) is 13.2 Å². The van der Waals surface area contributed by atoms with Crippen LogP contribution in [0.15, 0.2) is 6.07 Å². The summed E-state index contributed by atoms with van der Waals surface area (Å²) in [6.07, 6.45) is 0. The van der Waals surface area contributed by atoms with E-state index in [1.165, 1.54) is 7.11 Å². The summed E-state index contributed by atoms with van der Waals surface area (Å²) in [6, 6.07) is 1.68. The number of rotatable bonds is 3. The first-order chi connectivity index (χ1) is 5.76. The molecule has 0 atom stereocenters. The van der Waals surface area contributed by atoms with Gasteiger partial charge in [0, 0.05) is 13.2 Å². The lowest BCUT2D eigenvalue weighted by molar-refractivity contribution is 0.181. The highest BCUT2D eigenvalue weighted by atomic mass is 16.5. The Balaban J connectivity index is 2.90. The van der Waals surface area contributed by atoms with Crippen molar-refractivity contribution in [3.8, 4) is 5.88 Å². The normalized spacial score (nSPS) is 9.83. The van der Waals surface area contributed by atoms with Gasteiger partial charge in [-0.25, -0.2) is 4.98 Å². The van der Waals surface area contributed by atoms with E-state index in [1.807, 2.05) is 0 Å². The fourth-order valence-corrected chi connectivity index (χ4v) is 0.819. The molecule has 0 saturated heterocycles. The van der Waals surface area contributed by atoms with Gasteiger partial charge in [-0.05, 0) is 0 Å². The Bertz CT molecular complexity index is 265. The quantitative estimate of drug-likeness (QED) is 0.700. The topological polar surface area (TPSA) is 70.3 Å². The molecule has 0 fully saturated rings. The second-order valence-corrected chi connectivity index (χ2v) is 2.19. The van der Waals surface area contributed by atoms with Gasteiger partial charge in [-0.2, -0.15) is 4.98 Å². The van der Waals surface area contributed by atoms with Gasteiger partial charge in [-0.15, -0.1) is 0 Å². The molecule has 0 amide bonds. The lowest BCUT2D eigenvalue weighted by Crippen LogP contribution is -2.02. The zero-order chi connectivity index (χ0) is 8.97. The molecule has 0 aliphatic heterocycles. The number of hydrogen-bond acceptors (Lipinski definition) is 5. The van der Waals surface area contributed by atoms with E-state index in [9.17, 15) is 0 Å². The van der Waals surface area contributed by atoms with Crippen LogP contribution in [-0.2, 0) is 11.3 Å². The van der Waals surface area contributed by atoms with E-state index in [0.29, 0.717) is 18.2 Å². The molecule has 0 aliphatic rings. The minimum absolute atomic E-state index is 0.196. The van der Waals surface area contributed by atoms with Crippen molar-refractivity contribution in [2.24, 2.45) is 0 Å². The molecule has 1 rings (SSSR count). The minimum Gasteiger partial charge on any atom is -0.481 e. The van der Waals surface area contributed by atoms with Gasteiger partial charge in [-0.1, -0.05) is 0 Å². The summed E-state index contributed by atoms with van der Waals surface area (Å²) in [7, 11) is 3.11. The molecule has 0 bridgehead atoms. The van der Waals surface area contributed by atoms with Crippen molar-refractivity contribution >= 4 is 5.95 Å². The first kappa shape index (κ1) is 8.73. The fraction of sp³-hybridized carbons (Fsp3) is 0.429. The molecule has 5 heteroatoms. The molecule has 0 saturated carbocycles. The van der Waals surface area contributed by atoms with Crippen LogP contribution in [0.25, 0.3) is 0 Å². The predicted molar refractivity (Wildman–Crippen MR) is 43.7 cm³/mol. The second kappa shape index (κ2) is 3.87. The molecule has 0 aliphatic carbocycles.